The first-order chi connectivity index (χ1) is 7.19. The van der Waals surface area contributed by atoms with E-state index < -0.39 is 5.97 Å². The Labute approximate surface area is 84.9 Å². The predicted molar refractivity (Wildman–Crippen MR) is 52.8 cm³/mol. The number of carboxylic acids is 1. The van der Waals surface area contributed by atoms with Gasteiger partial charge in [0.1, 0.15) is 0 Å². The fraction of sp³-hybridized carbons (Fsp3) is 0. The van der Waals surface area contributed by atoms with Crippen molar-refractivity contribution in [2.45, 2.75) is 0 Å². The summed E-state index contributed by atoms with van der Waals surface area (Å²) in [5, 5.41) is 13.3. The van der Waals surface area contributed by atoms with Crippen molar-refractivity contribution in [1.82, 2.24) is 0 Å². The molecule has 1 rings (SSSR count). The summed E-state index contributed by atoms with van der Waals surface area (Å²) in [4.78, 5) is 31.1. The predicted octanol–water partition coefficient (Wildman–Crippen LogP) is 0.521. The minimum atomic E-state index is -1.11. The van der Waals surface area contributed by atoms with Gasteiger partial charge in [-0.1, -0.05) is 0 Å². The second kappa shape index (κ2) is 4.75. The van der Waals surface area contributed by atoms with Gasteiger partial charge in [-0.2, -0.15) is 0 Å². The van der Waals surface area contributed by atoms with E-state index in [-0.39, 0.29) is 11.3 Å². The van der Waals surface area contributed by atoms with Gasteiger partial charge in [-0.25, -0.2) is 4.79 Å². The fourth-order valence-electron chi connectivity index (χ4n) is 1.05. The van der Waals surface area contributed by atoms with E-state index in [1.165, 1.54) is 18.2 Å². The SMILES string of the molecule is O=CNc1ccc(C(=O)O)cc1NC=O. The summed E-state index contributed by atoms with van der Waals surface area (Å²) >= 11 is 0. The second-order valence-electron chi connectivity index (χ2n) is 2.59. The van der Waals surface area contributed by atoms with Gasteiger partial charge >= 0.3 is 5.97 Å². The molecule has 0 aliphatic rings. The molecule has 0 aromatic heterocycles. The zero-order valence-electron chi connectivity index (χ0n) is 7.56. The fourth-order valence-corrected chi connectivity index (χ4v) is 1.05. The normalized spacial score (nSPS) is 9.07. The molecule has 0 unspecified atom stereocenters. The van der Waals surface area contributed by atoms with Gasteiger partial charge in [-0.05, 0) is 18.2 Å². The van der Waals surface area contributed by atoms with Crippen LogP contribution >= 0.6 is 0 Å². The van der Waals surface area contributed by atoms with Crippen LogP contribution in [-0.2, 0) is 9.59 Å². The zero-order valence-corrected chi connectivity index (χ0v) is 7.56. The third-order valence-electron chi connectivity index (χ3n) is 1.70. The molecule has 0 aliphatic heterocycles. The second-order valence-corrected chi connectivity index (χ2v) is 2.59. The average molecular weight is 208 g/mol. The molecule has 0 aliphatic carbocycles. The van der Waals surface area contributed by atoms with Crippen molar-refractivity contribution in [3.05, 3.63) is 23.8 Å². The lowest BCUT2D eigenvalue weighted by molar-refractivity contribution is -0.106. The number of nitrogens with one attached hydrogen (secondary N) is 2. The van der Waals surface area contributed by atoms with Crippen LogP contribution in [0, 0.1) is 0 Å². The molecule has 0 bridgehead atoms. The van der Waals surface area contributed by atoms with Crippen LogP contribution in [0.4, 0.5) is 11.4 Å². The number of amides is 2. The molecule has 0 radical (unpaired) electrons. The molecule has 0 atom stereocenters. The van der Waals surface area contributed by atoms with Crippen molar-refractivity contribution < 1.29 is 19.5 Å². The molecule has 0 heterocycles. The van der Waals surface area contributed by atoms with Crippen LogP contribution in [0.5, 0.6) is 0 Å². The third kappa shape index (κ3) is 2.53. The topological polar surface area (TPSA) is 95.5 Å². The Bertz CT molecular complexity index is 403. The van der Waals surface area contributed by atoms with Crippen molar-refractivity contribution in [2.24, 2.45) is 0 Å². The van der Waals surface area contributed by atoms with Crippen molar-refractivity contribution in [1.29, 1.82) is 0 Å². The van der Waals surface area contributed by atoms with Crippen LogP contribution < -0.4 is 10.6 Å². The molecule has 1 aromatic rings. The maximum absolute atomic E-state index is 10.6. The molecule has 2 amide bonds. The Kier molecular flexibility index (Phi) is 3.39. The minimum Gasteiger partial charge on any atom is -0.478 e. The lowest BCUT2D eigenvalue weighted by Crippen LogP contribution is -2.04. The lowest BCUT2D eigenvalue weighted by atomic mass is 10.1. The first-order valence-electron chi connectivity index (χ1n) is 3.96. The Morgan fingerprint density at radius 2 is 1.73 bits per heavy atom. The molecular formula is C9H8N2O4. The molecule has 1 aromatic carbocycles. The molecular weight excluding hydrogens is 200 g/mol. The van der Waals surface area contributed by atoms with Crippen LogP contribution in [0.15, 0.2) is 18.2 Å². The summed E-state index contributed by atoms with van der Waals surface area (Å²) in [6.45, 7) is 0. The molecule has 3 N–H and O–H groups in total. The van der Waals surface area contributed by atoms with Crippen LogP contribution in [0.3, 0.4) is 0 Å². The number of carboxylic acid groups (broad SMARTS) is 1. The van der Waals surface area contributed by atoms with Crippen molar-refractivity contribution in [3.8, 4) is 0 Å². The van der Waals surface area contributed by atoms with Crippen molar-refractivity contribution in [2.75, 3.05) is 10.6 Å². The molecule has 15 heavy (non-hydrogen) atoms. The van der Waals surface area contributed by atoms with E-state index in [1.807, 2.05) is 0 Å². The molecule has 0 saturated carbocycles. The lowest BCUT2D eigenvalue weighted by Gasteiger charge is -2.07. The van der Waals surface area contributed by atoms with Crippen LogP contribution in [-0.4, -0.2) is 23.9 Å². The van der Waals surface area contributed by atoms with E-state index in [1.54, 1.807) is 0 Å². The summed E-state index contributed by atoms with van der Waals surface area (Å²) in [5.74, 6) is -1.11. The van der Waals surface area contributed by atoms with Gasteiger partial charge < -0.3 is 15.7 Å². The Morgan fingerprint density at radius 1 is 1.13 bits per heavy atom. The van der Waals surface area contributed by atoms with Gasteiger partial charge in [0.25, 0.3) is 0 Å². The van der Waals surface area contributed by atoms with E-state index in [0.717, 1.165) is 0 Å². The summed E-state index contributed by atoms with van der Waals surface area (Å²) < 4.78 is 0. The van der Waals surface area contributed by atoms with E-state index in [4.69, 9.17) is 5.11 Å². The van der Waals surface area contributed by atoms with Gasteiger partial charge in [0.05, 0.1) is 16.9 Å². The number of carbonyl (C=O) groups is 3. The van der Waals surface area contributed by atoms with E-state index in [2.05, 4.69) is 10.6 Å². The Balaban J connectivity index is 3.13. The highest BCUT2D eigenvalue weighted by Crippen LogP contribution is 2.22. The molecule has 6 nitrogen and oxygen atoms in total. The third-order valence-corrected chi connectivity index (χ3v) is 1.70. The quantitative estimate of drug-likeness (QED) is 0.614. The van der Waals surface area contributed by atoms with Crippen LogP contribution in [0.25, 0.3) is 0 Å². The maximum Gasteiger partial charge on any atom is 0.335 e. The summed E-state index contributed by atoms with van der Waals surface area (Å²) in [6.07, 6.45) is 0.836. The molecule has 78 valence electrons. The maximum atomic E-state index is 10.6. The van der Waals surface area contributed by atoms with E-state index in [9.17, 15) is 14.4 Å². The van der Waals surface area contributed by atoms with E-state index in [0.29, 0.717) is 18.5 Å². The zero-order chi connectivity index (χ0) is 11.3. The monoisotopic (exact) mass is 208 g/mol. The smallest absolute Gasteiger partial charge is 0.335 e. The Morgan fingerprint density at radius 3 is 2.27 bits per heavy atom. The van der Waals surface area contributed by atoms with E-state index >= 15 is 0 Å². The van der Waals surface area contributed by atoms with Crippen molar-refractivity contribution >= 4 is 30.2 Å². The van der Waals surface area contributed by atoms with Gasteiger partial charge in [0.15, 0.2) is 0 Å². The van der Waals surface area contributed by atoms with Crippen molar-refractivity contribution in [3.63, 3.8) is 0 Å². The van der Waals surface area contributed by atoms with Crippen LogP contribution in [0.2, 0.25) is 0 Å². The molecule has 0 fully saturated rings. The number of rotatable bonds is 5. The molecule has 0 spiro atoms. The highest BCUT2D eigenvalue weighted by atomic mass is 16.4. The number of benzene rings is 1. The van der Waals surface area contributed by atoms with Gasteiger partial charge in [0.2, 0.25) is 12.8 Å². The average Bonchev–Trinajstić information content (AvgIpc) is 2.21. The van der Waals surface area contributed by atoms with Crippen LogP contribution in [0.1, 0.15) is 10.4 Å². The summed E-state index contributed by atoms with van der Waals surface area (Å²) in [6, 6.07) is 3.97. The minimum absolute atomic E-state index is 0.0239. The summed E-state index contributed by atoms with van der Waals surface area (Å²) in [5.41, 5.74) is 0.592. The number of hydrogen-bond donors (Lipinski definition) is 3. The number of anilines is 2. The van der Waals surface area contributed by atoms with Gasteiger partial charge in [-0.3, -0.25) is 9.59 Å². The summed E-state index contributed by atoms with van der Waals surface area (Å²) in [7, 11) is 0. The number of carbonyl (C=O) groups excluding carboxylic acids is 2. The first kappa shape index (κ1) is 10.7. The van der Waals surface area contributed by atoms with Gasteiger partial charge in [0, 0.05) is 0 Å². The molecule has 6 heteroatoms. The molecule has 0 saturated heterocycles. The van der Waals surface area contributed by atoms with Gasteiger partial charge in [-0.15, -0.1) is 0 Å². The highest BCUT2D eigenvalue weighted by molar-refractivity contribution is 5.94. The number of aromatic carboxylic acids is 1. The number of hydrogen-bond acceptors (Lipinski definition) is 3. The standard InChI is InChI=1S/C9H8N2O4/c12-4-10-7-2-1-6(9(14)15)3-8(7)11-5-13/h1-5H,(H,10,12)(H,11,13)(H,14,15). The highest BCUT2D eigenvalue weighted by Gasteiger charge is 2.07. The Hall–Kier alpha value is -2.37. The first-order valence-corrected chi connectivity index (χ1v) is 3.96. The largest absolute Gasteiger partial charge is 0.478 e.